The predicted octanol–water partition coefficient (Wildman–Crippen LogP) is 0.966. The maximum atomic E-state index is 11.4. The molecule has 114 valence electrons. The van der Waals surface area contributed by atoms with Gasteiger partial charge in [0.1, 0.15) is 6.29 Å². The number of carbonyl (C=O) groups is 2. The normalized spacial score (nSPS) is 12.2. The van der Waals surface area contributed by atoms with Gasteiger partial charge in [0.2, 0.25) is 5.91 Å². The lowest BCUT2D eigenvalue weighted by Crippen LogP contribution is -2.34. The second-order valence-electron chi connectivity index (χ2n) is 6.27. The van der Waals surface area contributed by atoms with Gasteiger partial charge in [0, 0.05) is 25.0 Å². The zero-order valence-electron chi connectivity index (χ0n) is 13.1. The molecule has 1 amide bonds. The van der Waals surface area contributed by atoms with E-state index in [2.05, 4.69) is 10.5 Å². The van der Waals surface area contributed by atoms with Crippen LogP contribution in [0.1, 0.15) is 47.0 Å². The minimum Gasteiger partial charge on any atom is -0.375 e. The molecule has 0 unspecified atom stereocenters. The third-order valence-corrected chi connectivity index (χ3v) is 3.10. The van der Waals surface area contributed by atoms with Gasteiger partial charge in [-0.1, -0.05) is 13.8 Å². The van der Waals surface area contributed by atoms with Crippen LogP contribution >= 0.6 is 0 Å². The Balaban J connectivity index is 3.84. The highest BCUT2D eigenvalue weighted by molar-refractivity contribution is 6.04. The molecule has 0 aliphatic carbocycles. The minimum atomic E-state index is -0.348. The van der Waals surface area contributed by atoms with Crippen molar-refractivity contribution in [2.75, 3.05) is 19.7 Å². The zero-order valence-corrected chi connectivity index (χ0v) is 13.1. The van der Waals surface area contributed by atoms with Crippen LogP contribution in [0, 0.1) is 5.41 Å². The van der Waals surface area contributed by atoms with Crippen molar-refractivity contribution < 1.29 is 14.3 Å². The van der Waals surface area contributed by atoms with E-state index < -0.39 is 0 Å². The number of aldehydes is 1. The summed E-state index contributed by atoms with van der Waals surface area (Å²) in [7, 11) is 5.10. The van der Waals surface area contributed by atoms with Crippen LogP contribution in [0.15, 0.2) is 0 Å². The summed E-state index contributed by atoms with van der Waals surface area (Å²) in [6.45, 7) is 9.30. The van der Waals surface area contributed by atoms with Crippen LogP contribution in [0.3, 0.4) is 0 Å². The van der Waals surface area contributed by atoms with Crippen molar-refractivity contribution in [1.29, 1.82) is 0 Å². The fourth-order valence-electron chi connectivity index (χ4n) is 1.50. The van der Waals surface area contributed by atoms with E-state index in [1.165, 1.54) is 0 Å². The van der Waals surface area contributed by atoms with Gasteiger partial charge in [-0.2, -0.15) is 0 Å². The molecule has 0 saturated carbocycles. The molecule has 0 heterocycles. The molecule has 0 aromatic carbocycles. The van der Waals surface area contributed by atoms with Gasteiger partial charge < -0.3 is 20.1 Å². The lowest BCUT2D eigenvalue weighted by Gasteiger charge is -2.27. The number of hydrogen-bond acceptors (Lipinski definition) is 4. The van der Waals surface area contributed by atoms with Gasteiger partial charge in [-0.3, -0.25) is 4.79 Å². The Morgan fingerprint density at radius 2 is 1.85 bits per heavy atom. The summed E-state index contributed by atoms with van der Waals surface area (Å²) in [6, 6.07) is 0. The molecule has 2 radical (unpaired) electrons. The van der Waals surface area contributed by atoms with Gasteiger partial charge in [-0.05, 0) is 33.2 Å². The van der Waals surface area contributed by atoms with Crippen molar-refractivity contribution in [3.05, 3.63) is 0 Å². The molecule has 0 atom stereocenters. The van der Waals surface area contributed by atoms with Crippen molar-refractivity contribution in [3.63, 3.8) is 0 Å². The second-order valence-corrected chi connectivity index (χ2v) is 6.27. The molecule has 2 N–H and O–H groups in total. The Morgan fingerprint density at radius 1 is 1.20 bits per heavy atom. The molecule has 0 aromatic rings. The average Bonchev–Trinajstić information content (AvgIpc) is 2.35. The molecule has 0 aromatic heterocycles. The lowest BCUT2D eigenvalue weighted by atomic mass is 9.92. The molecule has 6 heteroatoms. The summed E-state index contributed by atoms with van der Waals surface area (Å²) < 4.78 is 5.79. The Bertz CT molecular complexity index is 307. The largest absolute Gasteiger partial charge is 0.375 e. The second kappa shape index (κ2) is 9.13. The number of rotatable bonds is 11. The molecule has 5 nitrogen and oxygen atoms in total. The summed E-state index contributed by atoms with van der Waals surface area (Å²) in [4.78, 5) is 22.2. The smallest absolute Gasteiger partial charge is 0.221 e. The maximum Gasteiger partial charge on any atom is 0.221 e. The fourth-order valence-corrected chi connectivity index (χ4v) is 1.50. The number of hydrogen-bond donors (Lipinski definition) is 2. The summed E-state index contributed by atoms with van der Waals surface area (Å²) >= 11 is 0. The van der Waals surface area contributed by atoms with Crippen molar-refractivity contribution in [1.82, 2.24) is 10.5 Å². The van der Waals surface area contributed by atoms with E-state index >= 15 is 0 Å². The van der Waals surface area contributed by atoms with Crippen LogP contribution < -0.4 is 10.5 Å². The van der Waals surface area contributed by atoms with Crippen molar-refractivity contribution >= 4 is 20.2 Å². The van der Waals surface area contributed by atoms with Crippen LogP contribution in [0.25, 0.3) is 0 Å². The van der Waals surface area contributed by atoms with Gasteiger partial charge in [0.05, 0.1) is 5.60 Å². The third kappa shape index (κ3) is 9.98. The first kappa shape index (κ1) is 19.1. The number of nitrogens with one attached hydrogen (secondary N) is 2. The molecular weight excluding hydrogens is 255 g/mol. The number of ether oxygens (including phenoxy) is 1. The average molecular weight is 282 g/mol. The summed E-state index contributed by atoms with van der Waals surface area (Å²) in [6.07, 6.45) is 2.73. The Kier molecular flexibility index (Phi) is 8.73. The molecule has 0 bridgehead atoms. The summed E-state index contributed by atoms with van der Waals surface area (Å²) in [5, 5.41) is 5.26. The van der Waals surface area contributed by atoms with Crippen LogP contribution in [0.2, 0.25) is 0 Å². The van der Waals surface area contributed by atoms with Gasteiger partial charge in [-0.25, -0.2) is 0 Å². The molecular formula is C14H27BN2O3. The van der Waals surface area contributed by atoms with Gasteiger partial charge in [-0.15, -0.1) is 0 Å². The first-order valence-corrected chi connectivity index (χ1v) is 7.03. The zero-order chi connectivity index (χ0) is 15.6. The Hall–Kier alpha value is -0.875. The Labute approximate surface area is 123 Å². The third-order valence-electron chi connectivity index (χ3n) is 3.10. The van der Waals surface area contributed by atoms with Gasteiger partial charge in [0.15, 0.2) is 7.98 Å². The van der Waals surface area contributed by atoms with Gasteiger partial charge >= 0.3 is 0 Å². The van der Waals surface area contributed by atoms with Crippen molar-refractivity contribution in [2.24, 2.45) is 5.41 Å². The first-order chi connectivity index (χ1) is 9.22. The van der Waals surface area contributed by atoms with E-state index in [0.29, 0.717) is 32.5 Å². The number of carbonyl (C=O) groups excluding carboxylic acids is 2. The van der Waals surface area contributed by atoms with Gasteiger partial charge in [0.25, 0.3) is 0 Å². The van der Waals surface area contributed by atoms with E-state index in [4.69, 9.17) is 12.7 Å². The van der Waals surface area contributed by atoms with E-state index in [1.54, 1.807) is 0 Å². The van der Waals surface area contributed by atoms with Crippen LogP contribution in [0.4, 0.5) is 0 Å². The van der Waals surface area contributed by atoms with E-state index in [1.807, 2.05) is 27.7 Å². The first-order valence-electron chi connectivity index (χ1n) is 7.03. The van der Waals surface area contributed by atoms with Crippen LogP contribution in [-0.2, 0) is 14.3 Å². The molecule has 0 aliphatic rings. The van der Waals surface area contributed by atoms with E-state index in [9.17, 15) is 9.59 Å². The van der Waals surface area contributed by atoms with Crippen LogP contribution in [0.5, 0.6) is 0 Å². The quantitative estimate of drug-likeness (QED) is 0.437. The lowest BCUT2D eigenvalue weighted by molar-refractivity contribution is -0.121. The fraction of sp³-hybridized carbons (Fsp3) is 0.857. The SMILES string of the molecule is [B]NCCC(=O)NCCC(C)(C)OCCC(C)(C)C=O. The Morgan fingerprint density at radius 3 is 2.40 bits per heavy atom. The molecule has 0 spiro atoms. The highest BCUT2D eigenvalue weighted by Gasteiger charge is 2.21. The van der Waals surface area contributed by atoms with E-state index in [0.717, 1.165) is 12.7 Å². The topological polar surface area (TPSA) is 67.4 Å². The molecule has 20 heavy (non-hydrogen) atoms. The minimum absolute atomic E-state index is 0.0270. The molecule has 0 saturated heterocycles. The van der Waals surface area contributed by atoms with Crippen LogP contribution in [-0.4, -0.2) is 45.5 Å². The monoisotopic (exact) mass is 282 g/mol. The molecule has 0 aliphatic heterocycles. The predicted molar refractivity (Wildman–Crippen MR) is 80.5 cm³/mol. The summed E-state index contributed by atoms with van der Waals surface area (Å²) in [5.41, 5.74) is -0.669. The van der Waals surface area contributed by atoms with Crippen molar-refractivity contribution in [2.45, 2.75) is 52.6 Å². The molecule has 0 fully saturated rings. The molecule has 0 rings (SSSR count). The maximum absolute atomic E-state index is 11.4. The standard InChI is InChI=1S/C14H27BN2O3/c1-13(2,11-18)7-10-20-14(3,4)6-9-16-12(19)5-8-17-15/h11,17H,5-10H2,1-4H3,(H,16,19). The summed E-state index contributed by atoms with van der Waals surface area (Å²) in [5.74, 6) is -0.0270. The van der Waals surface area contributed by atoms with Crippen molar-refractivity contribution in [3.8, 4) is 0 Å². The highest BCUT2D eigenvalue weighted by Crippen LogP contribution is 2.20. The number of amides is 1. The highest BCUT2D eigenvalue weighted by atomic mass is 16.5. The van der Waals surface area contributed by atoms with E-state index in [-0.39, 0.29) is 16.9 Å².